The maximum Gasteiger partial charge on any atom is 0.133 e. The molecule has 0 spiro atoms. The lowest BCUT2D eigenvalue weighted by atomic mass is 10.1. The van der Waals surface area contributed by atoms with Gasteiger partial charge in [-0.2, -0.15) is 5.10 Å². The van der Waals surface area contributed by atoms with Gasteiger partial charge in [0.15, 0.2) is 0 Å². The van der Waals surface area contributed by atoms with Crippen LogP contribution in [0.25, 0.3) is 31.9 Å². The average molecular weight is 449 g/mol. The highest BCUT2D eigenvalue weighted by Crippen LogP contribution is 2.35. The number of pyridine rings is 1. The summed E-state index contributed by atoms with van der Waals surface area (Å²) in [6.45, 7) is 2.09. The van der Waals surface area contributed by atoms with Crippen LogP contribution in [-0.2, 0) is 0 Å². The van der Waals surface area contributed by atoms with E-state index in [4.69, 9.17) is 10.7 Å². The minimum Gasteiger partial charge on any atom is -0.383 e. The molecule has 0 amide bonds. The van der Waals surface area contributed by atoms with Crippen LogP contribution in [0.3, 0.4) is 0 Å². The van der Waals surface area contributed by atoms with E-state index in [1.165, 1.54) is 0 Å². The minimum absolute atomic E-state index is 0. The molecule has 9 heteroatoms. The number of rotatable bonds is 3. The standard InChI is InChI=1S/C20H20N6S.2ClH/c21-19-16(20-25-17-3-1-2-4-18(17)27-20)9-13(10-23-19)14-11-24-26(12-14)15-5-7-22-8-6-15;;/h1-4,9-12,15,22H,5-8H2,(H2,21,23);2*1H. The van der Waals surface area contributed by atoms with Crippen LogP contribution in [0, 0.1) is 0 Å². The predicted octanol–water partition coefficient (Wildman–Crippen LogP) is 4.57. The van der Waals surface area contributed by atoms with Crippen LogP contribution >= 0.6 is 36.2 Å². The highest BCUT2D eigenvalue weighted by atomic mass is 35.5. The lowest BCUT2D eigenvalue weighted by molar-refractivity contribution is 0.343. The molecule has 5 rings (SSSR count). The van der Waals surface area contributed by atoms with E-state index in [-0.39, 0.29) is 24.8 Å². The molecule has 0 aliphatic carbocycles. The van der Waals surface area contributed by atoms with Gasteiger partial charge < -0.3 is 11.1 Å². The third-order valence-electron chi connectivity index (χ3n) is 5.06. The molecule has 0 bridgehead atoms. The molecule has 152 valence electrons. The second-order valence-corrected chi connectivity index (χ2v) is 7.86. The fraction of sp³-hybridized carbons (Fsp3) is 0.250. The molecule has 0 radical (unpaired) electrons. The third-order valence-corrected chi connectivity index (χ3v) is 6.13. The molecule has 0 unspecified atom stereocenters. The molecular weight excluding hydrogens is 427 g/mol. The molecule has 1 aliphatic heterocycles. The topological polar surface area (TPSA) is 81.6 Å². The van der Waals surface area contributed by atoms with Gasteiger partial charge in [0.05, 0.1) is 28.0 Å². The number of nitrogen functional groups attached to an aromatic ring is 1. The summed E-state index contributed by atoms with van der Waals surface area (Å²) in [5, 5.41) is 8.88. The fourth-order valence-corrected chi connectivity index (χ4v) is 4.54. The zero-order chi connectivity index (χ0) is 18.2. The van der Waals surface area contributed by atoms with Gasteiger partial charge >= 0.3 is 0 Å². The van der Waals surface area contributed by atoms with Crippen LogP contribution in [0.4, 0.5) is 5.82 Å². The first-order chi connectivity index (χ1) is 13.3. The van der Waals surface area contributed by atoms with E-state index in [1.807, 2.05) is 30.6 Å². The van der Waals surface area contributed by atoms with Crippen LogP contribution in [0.2, 0.25) is 0 Å². The summed E-state index contributed by atoms with van der Waals surface area (Å²) < 4.78 is 3.24. The summed E-state index contributed by atoms with van der Waals surface area (Å²) in [7, 11) is 0. The van der Waals surface area contributed by atoms with Crippen molar-refractivity contribution in [3.8, 4) is 21.7 Å². The van der Waals surface area contributed by atoms with Gasteiger partial charge in [-0.1, -0.05) is 12.1 Å². The maximum absolute atomic E-state index is 6.17. The highest BCUT2D eigenvalue weighted by molar-refractivity contribution is 7.21. The van der Waals surface area contributed by atoms with Gasteiger partial charge in [-0.15, -0.1) is 36.2 Å². The van der Waals surface area contributed by atoms with Gasteiger partial charge in [0.25, 0.3) is 0 Å². The van der Waals surface area contributed by atoms with E-state index < -0.39 is 0 Å². The normalized spacial score (nSPS) is 14.3. The summed E-state index contributed by atoms with van der Waals surface area (Å²) in [6.07, 6.45) is 8.06. The number of hydrogen-bond acceptors (Lipinski definition) is 6. The smallest absolute Gasteiger partial charge is 0.133 e. The number of benzene rings is 1. The number of anilines is 1. The van der Waals surface area contributed by atoms with Crippen molar-refractivity contribution in [2.75, 3.05) is 18.8 Å². The predicted molar refractivity (Wildman–Crippen MR) is 124 cm³/mol. The van der Waals surface area contributed by atoms with Crippen LogP contribution < -0.4 is 11.1 Å². The van der Waals surface area contributed by atoms with Crippen molar-refractivity contribution >= 4 is 52.2 Å². The van der Waals surface area contributed by atoms with Crippen molar-refractivity contribution in [2.24, 2.45) is 0 Å². The Morgan fingerprint density at radius 2 is 1.86 bits per heavy atom. The number of thiazole rings is 1. The maximum atomic E-state index is 6.17. The van der Waals surface area contributed by atoms with Crippen LogP contribution in [0.1, 0.15) is 18.9 Å². The van der Waals surface area contributed by atoms with Gasteiger partial charge in [0.2, 0.25) is 0 Å². The van der Waals surface area contributed by atoms with Crippen molar-refractivity contribution in [3.63, 3.8) is 0 Å². The highest BCUT2D eigenvalue weighted by Gasteiger charge is 2.17. The van der Waals surface area contributed by atoms with Gasteiger partial charge in [-0.05, 0) is 44.1 Å². The van der Waals surface area contributed by atoms with Crippen molar-refractivity contribution < 1.29 is 0 Å². The zero-order valence-electron chi connectivity index (χ0n) is 15.6. The van der Waals surface area contributed by atoms with Crippen LogP contribution in [-0.4, -0.2) is 32.8 Å². The number of hydrogen-bond donors (Lipinski definition) is 2. The van der Waals surface area contributed by atoms with Gasteiger partial charge in [0.1, 0.15) is 10.8 Å². The van der Waals surface area contributed by atoms with Crippen LogP contribution in [0.5, 0.6) is 0 Å². The van der Waals surface area contributed by atoms with Crippen molar-refractivity contribution in [1.29, 1.82) is 0 Å². The average Bonchev–Trinajstić information content (AvgIpc) is 3.36. The van der Waals surface area contributed by atoms with E-state index in [9.17, 15) is 0 Å². The molecule has 4 heterocycles. The number of nitrogens with zero attached hydrogens (tertiary/aromatic N) is 4. The molecule has 3 N–H and O–H groups in total. The molecule has 1 fully saturated rings. The van der Waals surface area contributed by atoms with E-state index in [0.717, 1.165) is 57.8 Å². The van der Waals surface area contributed by atoms with Crippen molar-refractivity contribution in [1.82, 2.24) is 25.1 Å². The molecule has 1 aromatic carbocycles. The summed E-state index contributed by atoms with van der Waals surface area (Å²) in [5.41, 5.74) is 10.1. The first-order valence-electron chi connectivity index (χ1n) is 9.14. The number of nitrogens with one attached hydrogen (secondary N) is 1. The molecule has 4 aromatic rings. The van der Waals surface area contributed by atoms with E-state index in [0.29, 0.717) is 11.9 Å². The molecular formula is C20H22Cl2N6S. The number of halogens is 2. The number of piperidine rings is 1. The molecule has 1 aliphatic rings. The van der Waals surface area contributed by atoms with Crippen LogP contribution in [0.15, 0.2) is 48.9 Å². The number of aromatic nitrogens is 4. The quantitative estimate of drug-likeness (QED) is 0.479. The Hall–Kier alpha value is -2.19. The largest absolute Gasteiger partial charge is 0.383 e. The second kappa shape index (κ2) is 9.09. The fourth-order valence-electron chi connectivity index (χ4n) is 3.55. The van der Waals surface area contributed by atoms with Crippen molar-refractivity contribution in [3.05, 3.63) is 48.9 Å². The summed E-state index contributed by atoms with van der Waals surface area (Å²) in [6, 6.07) is 10.7. The lowest BCUT2D eigenvalue weighted by Gasteiger charge is -2.22. The number of para-hydroxylation sites is 1. The van der Waals surface area contributed by atoms with E-state index >= 15 is 0 Å². The molecule has 1 saturated heterocycles. The second-order valence-electron chi connectivity index (χ2n) is 6.83. The Bertz CT molecular complexity index is 1070. The minimum atomic E-state index is 0. The monoisotopic (exact) mass is 448 g/mol. The Balaban J connectivity index is 0.00000120. The molecule has 6 nitrogen and oxygen atoms in total. The number of fused-ring (bicyclic) bond motifs is 1. The molecule has 3 aromatic heterocycles. The van der Waals surface area contributed by atoms with E-state index in [2.05, 4.69) is 38.4 Å². The Morgan fingerprint density at radius 3 is 2.66 bits per heavy atom. The van der Waals surface area contributed by atoms with Gasteiger partial charge in [0, 0.05) is 23.5 Å². The Labute approximate surface area is 185 Å². The molecule has 0 saturated carbocycles. The zero-order valence-corrected chi connectivity index (χ0v) is 18.1. The third kappa shape index (κ3) is 4.23. The van der Waals surface area contributed by atoms with Crippen molar-refractivity contribution in [2.45, 2.75) is 18.9 Å². The van der Waals surface area contributed by atoms with Gasteiger partial charge in [-0.25, -0.2) is 9.97 Å². The SMILES string of the molecule is Cl.Cl.Nc1ncc(-c2cnn(C3CCNCC3)c2)cc1-c1nc2ccccc2s1. The molecule has 29 heavy (non-hydrogen) atoms. The first-order valence-corrected chi connectivity index (χ1v) is 9.96. The van der Waals surface area contributed by atoms with E-state index in [1.54, 1.807) is 11.3 Å². The van der Waals surface area contributed by atoms with Gasteiger partial charge in [-0.3, -0.25) is 4.68 Å². The molecule has 0 atom stereocenters. The Kier molecular flexibility index (Phi) is 6.74. The summed E-state index contributed by atoms with van der Waals surface area (Å²) in [4.78, 5) is 9.15. The number of nitrogens with two attached hydrogens (primary N) is 1. The summed E-state index contributed by atoms with van der Waals surface area (Å²) in [5.74, 6) is 0.503. The Morgan fingerprint density at radius 1 is 1.07 bits per heavy atom. The first kappa shape index (κ1) is 21.5. The summed E-state index contributed by atoms with van der Waals surface area (Å²) >= 11 is 1.64. The lowest BCUT2D eigenvalue weighted by Crippen LogP contribution is -2.29.